The topological polar surface area (TPSA) is 0 Å². The van der Waals surface area contributed by atoms with Gasteiger partial charge >= 0.3 is 0 Å². The molecule has 1 rings (SSSR count). The van der Waals surface area contributed by atoms with Gasteiger partial charge < -0.3 is 0 Å². The second-order valence-corrected chi connectivity index (χ2v) is 5.56. The Morgan fingerprint density at radius 3 is 2.40 bits per heavy atom. The smallest absolute Gasteiger partial charge is 0.0145 e. The van der Waals surface area contributed by atoms with Gasteiger partial charge in [-0.15, -0.1) is 0 Å². The van der Waals surface area contributed by atoms with Gasteiger partial charge in [-0.25, -0.2) is 0 Å². The number of hydrogen-bond acceptors (Lipinski definition) is 0. The van der Waals surface area contributed by atoms with Crippen molar-refractivity contribution in [2.75, 3.05) is 0 Å². The summed E-state index contributed by atoms with van der Waals surface area (Å²) in [5.74, 6) is 0. The van der Waals surface area contributed by atoms with Crippen LogP contribution in [0.3, 0.4) is 0 Å². The number of aryl methyl sites for hydroxylation is 2. The molecule has 1 unspecified atom stereocenters. The molecule has 84 valence electrons. The lowest BCUT2D eigenvalue weighted by atomic mass is 10.0. The second kappa shape index (κ2) is 7.05. The molecule has 1 aromatic rings. The Morgan fingerprint density at radius 1 is 1.13 bits per heavy atom. The normalized spacial score (nSPS) is 12.7. The van der Waals surface area contributed by atoms with E-state index in [0.29, 0.717) is 4.83 Å². The summed E-state index contributed by atoms with van der Waals surface area (Å²) in [7, 11) is 0. The van der Waals surface area contributed by atoms with E-state index in [0.717, 1.165) is 0 Å². The summed E-state index contributed by atoms with van der Waals surface area (Å²) >= 11 is 3.72. The van der Waals surface area contributed by atoms with E-state index in [2.05, 4.69) is 54.0 Å². The largest absolute Gasteiger partial charge is 0.0891 e. The molecule has 0 heterocycles. The molecule has 0 saturated heterocycles. The first-order valence-electron chi connectivity index (χ1n) is 5.92. The Morgan fingerprint density at radius 2 is 1.80 bits per heavy atom. The number of hydrogen-bond donors (Lipinski definition) is 0. The summed E-state index contributed by atoms with van der Waals surface area (Å²) in [6.07, 6.45) is 6.38. The van der Waals surface area contributed by atoms with Crippen molar-refractivity contribution in [2.45, 2.75) is 50.8 Å². The van der Waals surface area contributed by atoms with Crippen molar-refractivity contribution in [3.05, 3.63) is 35.4 Å². The molecule has 0 aliphatic heterocycles. The van der Waals surface area contributed by atoms with Gasteiger partial charge in [-0.1, -0.05) is 59.1 Å². The van der Waals surface area contributed by atoms with E-state index >= 15 is 0 Å². The Balaban J connectivity index is 2.22. The molecule has 1 aromatic carbocycles. The lowest BCUT2D eigenvalue weighted by Gasteiger charge is -2.07. The van der Waals surface area contributed by atoms with Gasteiger partial charge in [0.2, 0.25) is 0 Å². The molecule has 0 aromatic heterocycles. The fourth-order valence-electron chi connectivity index (χ4n) is 1.74. The monoisotopic (exact) mass is 268 g/mol. The quantitative estimate of drug-likeness (QED) is 0.645. The molecular formula is C14H21Br. The number of benzene rings is 1. The van der Waals surface area contributed by atoms with Gasteiger partial charge in [-0.05, 0) is 38.2 Å². The summed E-state index contributed by atoms with van der Waals surface area (Å²) in [5, 5.41) is 0. The lowest BCUT2D eigenvalue weighted by Crippen LogP contribution is -1.98. The van der Waals surface area contributed by atoms with Gasteiger partial charge in [-0.3, -0.25) is 0 Å². The maximum absolute atomic E-state index is 3.72. The first-order valence-corrected chi connectivity index (χ1v) is 6.83. The molecule has 0 saturated carbocycles. The van der Waals surface area contributed by atoms with Gasteiger partial charge in [-0.2, -0.15) is 0 Å². The molecule has 0 spiro atoms. The van der Waals surface area contributed by atoms with Crippen LogP contribution in [0.5, 0.6) is 0 Å². The second-order valence-electron chi connectivity index (χ2n) is 4.26. The highest BCUT2D eigenvalue weighted by atomic mass is 79.9. The molecule has 0 nitrogen and oxygen atoms in total. The van der Waals surface area contributed by atoms with Crippen molar-refractivity contribution in [1.29, 1.82) is 0 Å². The predicted molar refractivity (Wildman–Crippen MR) is 71.7 cm³/mol. The van der Waals surface area contributed by atoms with Crippen LogP contribution >= 0.6 is 15.9 Å². The van der Waals surface area contributed by atoms with E-state index in [-0.39, 0.29) is 0 Å². The van der Waals surface area contributed by atoms with Crippen molar-refractivity contribution in [3.63, 3.8) is 0 Å². The predicted octanol–water partition coefficient (Wildman–Crippen LogP) is 4.88. The average Bonchev–Trinajstić information content (AvgIpc) is 2.21. The molecule has 15 heavy (non-hydrogen) atoms. The van der Waals surface area contributed by atoms with Gasteiger partial charge in [0.05, 0.1) is 0 Å². The van der Waals surface area contributed by atoms with Gasteiger partial charge in [0, 0.05) is 4.83 Å². The van der Waals surface area contributed by atoms with E-state index in [1.165, 1.54) is 43.2 Å². The third-order valence-electron chi connectivity index (χ3n) is 2.71. The average molecular weight is 269 g/mol. The van der Waals surface area contributed by atoms with Crippen LogP contribution < -0.4 is 0 Å². The van der Waals surface area contributed by atoms with E-state index in [9.17, 15) is 0 Å². The minimum absolute atomic E-state index is 0.716. The summed E-state index contributed by atoms with van der Waals surface area (Å²) in [6.45, 7) is 4.38. The first kappa shape index (κ1) is 12.8. The molecule has 0 N–H and O–H groups in total. The van der Waals surface area contributed by atoms with Crippen LogP contribution in [-0.2, 0) is 6.42 Å². The van der Waals surface area contributed by atoms with Crippen molar-refractivity contribution in [3.8, 4) is 0 Å². The molecule has 0 aliphatic carbocycles. The van der Waals surface area contributed by atoms with E-state index in [4.69, 9.17) is 0 Å². The number of halogens is 1. The third-order valence-corrected chi connectivity index (χ3v) is 3.62. The molecule has 0 aliphatic rings. The third kappa shape index (κ3) is 5.36. The van der Waals surface area contributed by atoms with Gasteiger partial charge in [0.15, 0.2) is 0 Å². The Labute approximate surface area is 102 Å². The van der Waals surface area contributed by atoms with Gasteiger partial charge in [0.1, 0.15) is 0 Å². The van der Waals surface area contributed by atoms with Crippen molar-refractivity contribution in [1.82, 2.24) is 0 Å². The first-order chi connectivity index (χ1) is 7.22. The standard InChI is InChI=1S/C14H21Br/c1-3-5-14(15)7-4-6-13-10-8-12(2)9-11-13/h8-11,14H,3-7H2,1-2H3. The van der Waals surface area contributed by atoms with E-state index < -0.39 is 0 Å². The van der Waals surface area contributed by atoms with E-state index in [1.54, 1.807) is 0 Å². The van der Waals surface area contributed by atoms with Gasteiger partial charge in [0.25, 0.3) is 0 Å². The molecule has 0 amide bonds. The highest BCUT2D eigenvalue weighted by Gasteiger charge is 2.02. The fraction of sp³-hybridized carbons (Fsp3) is 0.571. The molecular weight excluding hydrogens is 248 g/mol. The van der Waals surface area contributed by atoms with Crippen LogP contribution in [0.4, 0.5) is 0 Å². The van der Waals surface area contributed by atoms with Crippen molar-refractivity contribution < 1.29 is 0 Å². The number of rotatable bonds is 6. The zero-order valence-corrected chi connectivity index (χ0v) is 11.4. The van der Waals surface area contributed by atoms with Crippen LogP contribution in [0, 0.1) is 6.92 Å². The maximum atomic E-state index is 3.72. The van der Waals surface area contributed by atoms with Crippen LogP contribution in [0.15, 0.2) is 24.3 Å². The fourth-order valence-corrected chi connectivity index (χ4v) is 2.52. The highest BCUT2D eigenvalue weighted by molar-refractivity contribution is 9.09. The summed E-state index contributed by atoms with van der Waals surface area (Å²) in [5.41, 5.74) is 2.82. The zero-order chi connectivity index (χ0) is 11.1. The van der Waals surface area contributed by atoms with Crippen molar-refractivity contribution in [2.24, 2.45) is 0 Å². The maximum Gasteiger partial charge on any atom is 0.0145 e. The Kier molecular flexibility index (Phi) is 6.00. The molecule has 0 bridgehead atoms. The molecule has 1 heteroatoms. The van der Waals surface area contributed by atoms with Crippen LogP contribution in [0.1, 0.15) is 43.7 Å². The van der Waals surface area contributed by atoms with Crippen LogP contribution in [0.2, 0.25) is 0 Å². The van der Waals surface area contributed by atoms with Crippen LogP contribution in [0.25, 0.3) is 0 Å². The van der Waals surface area contributed by atoms with Crippen molar-refractivity contribution >= 4 is 15.9 Å². The zero-order valence-electron chi connectivity index (χ0n) is 9.80. The summed E-state index contributed by atoms with van der Waals surface area (Å²) < 4.78 is 0. The summed E-state index contributed by atoms with van der Waals surface area (Å²) in [4.78, 5) is 0.716. The lowest BCUT2D eigenvalue weighted by molar-refractivity contribution is 0.655. The molecule has 0 fully saturated rings. The highest BCUT2D eigenvalue weighted by Crippen LogP contribution is 2.16. The summed E-state index contributed by atoms with van der Waals surface area (Å²) in [6, 6.07) is 8.90. The minimum Gasteiger partial charge on any atom is -0.0891 e. The SMILES string of the molecule is CCCC(Br)CCCc1ccc(C)cc1. The Hall–Kier alpha value is -0.300. The molecule has 1 atom stereocenters. The van der Waals surface area contributed by atoms with Crippen LogP contribution in [-0.4, -0.2) is 4.83 Å². The Bertz CT molecular complexity index is 263. The van der Waals surface area contributed by atoms with E-state index in [1.807, 2.05) is 0 Å². The minimum atomic E-state index is 0.716. The molecule has 0 radical (unpaired) electrons. The number of alkyl halides is 1.